The second-order valence-electron chi connectivity index (χ2n) is 3.52. The third kappa shape index (κ3) is 1.73. The standard InChI is InChI=1S/C15H8O2/c1-3-10-5-7-13-11(9-10)6-8-14(15(16)17)12(13)4-2/h1-2,5-9H,(H,16,17). The number of rotatable bonds is 1. The summed E-state index contributed by atoms with van der Waals surface area (Å²) in [5, 5.41) is 10.6. The first kappa shape index (κ1) is 10.8. The van der Waals surface area contributed by atoms with Crippen LogP contribution < -0.4 is 0 Å². The molecule has 2 rings (SSSR count). The average molecular weight is 220 g/mol. The molecule has 0 atom stereocenters. The quantitative estimate of drug-likeness (QED) is 0.750. The number of carbonyl (C=O) groups is 1. The van der Waals surface area contributed by atoms with Crippen molar-refractivity contribution in [1.82, 2.24) is 0 Å². The summed E-state index contributed by atoms with van der Waals surface area (Å²) < 4.78 is 0. The van der Waals surface area contributed by atoms with Gasteiger partial charge in [-0.05, 0) is 29.0 Å². The van der Waals surface area contributed by atoms with Crippen LogP contribution in [0.5, 0.6) is 0 Å². The van der Waals surface area contributed by atoms with Crippen molar-refractivity contribution in [3.8, 4) is 24.7 Å². The van der Waals surface area contributed by atoms with E-state index < -0.39 is 5.97 Å². The minimum absolute atomic E-state index is 0.133. The zero-order valence-corrected chi connectivity index (χ0v) is 8.90. The number of hydrogen-bond acceptors (Lipinski definition) is 1. The summed E-state index contributed by atoms with van der Waals surface area (Å²) in [6.45, 7) is 0. The summed E-state index contributed by atoms with van der Waals surface area (Å²) in [6.07, 6.45) is 10.7. The first-order chi connectivity index (χ1) is 8.17. The fraction of sp³-hybridized carbons (Fsp3) is 0. The first-order valence-electron chi connectivity index (χ1n) is 4.90. The Kier molecular flexibility index (Phi) is 2.57. The molecule has 1 N–H and O–H groups in total. The van der Waals surface area contributed by atoms with Crippen LogP contribution in [0, 0.1) is 24.7 Å². The SMILES string of the molecule is C#Cc1ccc2c(C#C)c(C(=O)O)ccc2c1. The maximum Gasteiger partial charge on any atom is 0.336 e. The summed E-state index contributed by atoms with van der Waals surface area (Å²) in [4.78, 5) is 11.0. The van der Waals surface area contributed by atoms with Gasteiger partial charge in [-0.1, -0.05) is 24.0 Å². The minimum Gasteiger partial charge on any atom is -0.478 e. The van der Waals surface area contributed by atoms with Crippen LogP contribution in [-0.4, -0.2) is 11.1 Å². The number of terminal acetylenes is 2. The number of hydrogen-bond donors (Lipinski definition) is 1. The van der Waals surface area contributed by atoms with E-state index in [1.54, 1.807) is 18.2 Å². The third-order valence-electron chi connectivity index (χ3n) is 2.56. The molecule has 0 radical (unpaired) electrons. The zero-order valence-electron chi connectivity index (χ0n) is 8.90. The molecule has 0 fully saturated rings. The summed E-state index contributed by atoms with van der Waals surface area (Å²) in [5.41, 5.74) is 1.26. The van der Waals surface area contributed by atoms with Crippen molar-refractivity contribution in [2.45, 2.75) is 0 Å². The minimum atomic E-state index is -1.03. The Morgan fingerprint density at radius 1 is 1.12 bits per heavy atom. The Morgan fingerprint density at radius 2 is 1.88 bits per heavy atom. The van der Waals surface area contributed by atoms with Crippen molar-refractivity contribution in [2.75, 3.05) is 0 Å². The van der Waals surface area contributed by atoms with Crippen molar-refractivity contribution in [3.63, 3.8) is 0 Å². The lowest BCUT2D eigenvalue weighted by Gasteiger charge is -2.05. The van der Waals surface area contributed by atoms with Crippen molar-refractivity contribution < 1.29 is 9.90 Å². The lowest BCUT2D eigenvalue weighted by Crippen LogP contribution is -2.00. The van der Waals surface area contributed by atoms with E-state index in [1.165, 1.54) is 6.07 Å². The van der Waals surface area contributed by atoms with Crippen LogP contribution in [0.2, 0.25) is 0 Å². The normalized spacial score (nSPS) is 9.53. The first-order valence-corrected chi connectivity index (χ1v) is 4.90. The van der Waals surface area contributed by atoms with Gasteiger partial charge in [0.15, 0.2) is 0 Å². The van der Waals surface area contributed by atoms with Crippen molar-refractivity contribution in [2.24, 2.45) is 0 Å². The third-order valence-corrected chi connectivity index (χ3v) is 2.56. The van der Waals surface area contributed by atoms with E-state index >= 15 is 0 Å². The molecule has 0 aromatic heterocycles. The molecule has 0 saturated carbocycles. The van der Waals surface area contributed by atoms with Crippen molar-refractivity contribution in [3.05, 3.63) is 47.0 Å². The molecule has 0 spiro atoms. The van der Waals surface area contributed by atoms with E-state index in [0.717, 1.165) is 16.3 Å². The lowest BCUT2D eigenvalue weighted by molar-refractivity contribution is 0.0697. The highest BCUT2D eigenvalue weighted by molar-refractivity contribution is 6.00. The van der Waals surface area contributed by atoms with E-state index in [2.05, 4.69) is 11.8 Å². The van der Waals surface area contributed by atoms with Gasteiger partial charge in [0.05, 0.1) is 5.56 Å². The van der Waals surface area contributed by atoms with E-state index in [1.807, 2.05) is 6.07 Å². The van der Waals surface area contributed by atoms with Crippen LogP contribution in [-0.2, 0) is 0 Å². The Hall–Kier alpha value is -2.71. The molecule has 0 amide bonds. The molecule has 2 aromatic carbocycles. The summed E-state index contributed by atoms with van der Waals surface area (Å²) in [5.74, 6) is 3.92. The maximum absolute atomic E-state index is 11.0. The number of aromatic carboxylic acids is 1. The van der Waals surface area contributed by atoms with E-state index in [-0.39, 0.29) is 5.56 Å². The van der Waals surface area contributed by atoms with Gasteiger partial charge in [0.25, 0.3) is 0 Å². The molecule has 2 heteroatoms. The number of fused-ring (bicyclic) bond motifs is 1. The molecule has 0 bridgehead atoms. The van der Waals surface area contributed by atoms with Gasteiger partial charge < -0.3 is 5.11 Å². The predicted molar refractivity (Wildman–Crippen MR) is 66.8 cm³/mol. The molecule has 0 unspecified atom stereocenters. The fourth-order valence-corrected chi connectivity index (χ4v) is 1.75. The fourth-order valence-electron chi connectivity index (χ4n) is 1.75. The van der Waals surface area contributed by atoms with Crippen molar-refractivity contribution >= 4 is 16.7 Å². The van der Waals surface area contributed by atoms with Gasteiger partial charge in [-0.25, -0.2) is 4.79 Å². The molecule has 0 aliphatic heterocycles. The Balaban J connectivity index is 2.85. The monoisotopic (exact) mass is 220 g/mol. The molecule has 2 aromatic rings. The van der Waals surface area contributed by atoms with Gasteiger partial charge >= 0.3 is 5.97 Å². The lowest BCUT2D eigenvalue weighted by atomic mass is 9.98. The van der Waals surface area contributed by atoms with Gasteiger partial charge in [-0.3, -0.25) is 0 Å². The highest BCUT2D eigenvalue weighted by atomic mass is 16.4. The van der Waals surface area contributed by atoms with Crippen LogP contribution in [0.4, 0.5) is 0 Å². The Morgan fingerprint density at radius 3 is 2.47 bits per heavy atom. The molecule has 0 heterocycles. The number of benzene rings is 2. The number of carboxylic acid groups (broad SMARTS) is 1. The van der Waals surface area contributed by atoms with Crippen LogP contribution >= 0.6 is 0 Å². The molecule has 17 heavy (non-hydrogen) atoms. The summed E-state index contributed by atoms with van der Waals surface area (Å²) in [6, 6.07) is 8.52. The topological polar surface area (TPSA) is 37.3 Å². The van der Waals surface area contributed by atoms with Crippen molar-refractivity contribution in [1.29, 1.82) is 0 Å². The molecule has 80 valence electrons. The molecule has 2 nitrogen and oxygen atoms in total. The van der Waals surface area contributed by atoms with Gasteiger partial charge in [0, 0.05) is 11.1 Å². The molecule has 0 aliphatic carbocycles. The van der Waals surface area contributed by atoms with Gasteiger partial charge in [-0.2, -0.15) is 0 Å². The van der Waals surface area contributed by atoms with Gasteiger partial charge in [-0.15, -0.1) is 12.8 Å². The second-order valence-corrected chi connectivity index (χ2v) is 3.52. The highest BCUT2D eigenvalue weighted by Gasteiger charge is 2.11. The second kappa shape index (κ2) is 4.04. The largest absolute Gasteiger partial charge is 0.478 e. The average Bonchev–Trinajstić information content (AvgIpc) is 2.36. The van der Waals surface area contributed by atoms with Crippen LogP contribution in [0.1, 0.15) is 21.5 Å². The predicted octanol–water partition coefficient (Wildman–Crippen LogP) is 2.50. The highest BCUT2D eigenvalue weighted by Crippen LogP contribution is 2.23. The van der Waals surface area contributed by atoms with E-state index in [4.69, 9.17) is 18.0 Å². The van der Waals surface area contributed by atoms with E-state index in [9.17, 15) is 4.79 Å². The molecular formula is C15H8O2. The van der Waals surface area contributed by atoms with Crippen LogP contribution in [0.25, 0.3) is 10.8 Å². The Labute approximate surface area is 98.9 Å². The van der Waals surface area contributed by atoms with Crippen LogP contribution in [0.15, 0.2) is 30.3 Å². The van der Waals surface area contributed by atoms with Gasteiger partial charge in [0.1, 0.15) is 0 Å². The molecular weight excluding hydrogens is 212 g/mol. The maximum atomic E-state index is 11.0. The van der Waals surface area contributed by atoms with Gasteiger partial charge in [0.2, 0.25) is 0 Å². The Bertz CT molecular complexity index is 697. The smallest absolute Gasteiger partial charge is 0.336 e. The van der Waals surface area contributed by atoms with E-state index in [0.29, 0.717) is 5.56 Å². The summed E-state index contributed by atoms with van der Waals surface area (Å²) in [7, 11) is 0. The molecule has 0 aliphatic rings. The van der Waals surface area contributed by atoms with Crippen LogP contribution in [0.3, 0.4) is 0 Å². The summed E-state index contributed by atoms with van der Waals surface area (Å²) >= 11 is 0. The number of carboxylic acids is 1. The molecule has 0 saturated heterocycles. The zero-order chi connectivity index (χ0) is 12.4.